The average Bonchev–Trinajstić information content (AvgIpc) is 2.63. The summed E-state index contributed by atoms with van der Waals surface area (Å²) in [5.41, 5.74) is 0.460. The first-order valence-electron chi connectivity index (χ1n) is 7.66. The summed E-state index contributed by atoms with van der Waals surface area (Å²) in [7, 11) is -4.24. The van der Waals surface area contributed by atoms with Gasteiger partial charge < -0.3 is 4.74 Å². The van der Waals surface area contributed by atoms with Crippen LogP contribution in [0.5, 0.6) is 11.6 Å². The number of nitrogens with one attached hydrogen (secondary N) is 1. The second-order valence-corrected chi connectivity index (χ2v) is 7.20. The third kappa shape index (κ3) is 4.83. The quantitative estimate of drug-likeness (QED) is 0.691. The maximum atomic E-state index is 13.6. The molecule has 5 nitrogen and oxygen atoms in total. The normalized spacial score (nSPS) is 11.4. The van der Waals surface area contributed by atoms with Crippen LogP contribution in [0.15, 0.2) is 65.7 Å². The fourth-order valence-corrected chi connectivity index (χ4v) is 3.27. The minimum atomic E-state index is -4.24. The van der Waals surface area contributed by atoms with Crippen LogP contribution in [0.25, 0.3) is 0 Å². The Balaban J connectivity index is 1.67. The van der Waals surface area contributed by atoms with E-state index in [9.17, 15) is 21.6 Å². The van der Waals surface area contributed by atoms with Gasteiger partial charge in [-0.3, -0.25) is 0 Å². The highest BCUT2D eigenvalue weighted by Gasteiger charge is 2.19. The zero-order chi connectivity index (χ0) is 19.4. The zero-order valence-electron chi connectivity index (χ0n) is 13.7. The van der Waals surface area contributed by atoms with Crippen molar-refractivity contribution >= 4 is 10.0 Å². The van der Waals surface area contributed by atoms with E-state index in [1.165, 1.54) is 36.5 Å². The molecule has 0 fully saturated rings. The van der Waals surface area contributed by atoms with Crippen molar-refractivity contribution in [3.63, 3.8) is 0 Å². The fourth-order valence-electron chi connectivity index (χ4n) is 2.17. The molecule has 0 saturated heterocycles. The zero-order valence-corrected chi connectivity index (χ0v) is 14.5. The minimum Gasteiger partial charge on any atom is -0.439 e. The summed E-state index contributed by atoms with van der Waals surface area (Å²) in [5.74, 6) is -1.93. The molecule has 9 heteroatoms. The van der Waals surface area contributed by atoms with E-state index >= 15 is 0 Å². The molecule has 2 aromatic carbocycles. The predicted molar refractivity (Wildman–Crippen MR) is 91.1 cm³/mol. The molecule has 27 heavy (non-hydrogen) atoms. The van der Waals surface area contributed by atoms with Crippen molar-refractivity contribution in [2.75, 3.05) is 0 Å². The van der Waals surface area contributed by atoms with E-state index in [1.807, 2.05) is 0 Å². The Morgan fingerprint density at radius 1 is 0.963 bits per heavy atom. The van der Waals surface area contributed by atoms with Gasteiger partial charge in [-0.25, -0.2) is 31.3 Å². The van der Waals surface area contributed by atoms with Crippen molar-refractivity contribution in [2.24, 2.45) is 0 Å². The lowest BCUT2D eigenvalue weighted by atomic mass is 10.3. The van der Waals surface area contributed by atoms with Crippen LogP contribution in [-0.2, 0) is 16.6 Å². The van der Waals surface area contributed by atoms with Crippen molar-refractivity contribution in [3.8, 4) is 11.6 Å². The lowest BCUT2D eigenvalue weighted by Gasteiger charge is -2.09. The molecular formula is C18H13F3N2O3S. The average molecular weight is 394 g/mol. The van der Waals surface area contributed by atoms with Crippen LogP contribution < -0.4 is 9.46 Å². The maximum Gasteiger partial charge on any atom is 0.243 e. The standard InChI is InChI=1S/C18H13F3N2O3S/c19-13-2-1-3-15(8-13)26-18-7-4-12(10-22-18)11-23-27(24,25)17-9-14(20)5-6-16(17)21/h1-10,23H,11H2. The van der Waals surface area contributed by atoms with Crippen molar-refractivity contribution < 1.29 is 26.3 Å². The SMILES string of the molecule is O=S(=O)(NCc1ccc(Oc2cccc(F)c2)nc1)c1cc(F)ccc1F. The third-order valence-corrected chi connectivity index (χ3v) is 4.88. The molecule has 1 heterocycles. The summed E-state index contributed by atoms with van der Waals surface area (Å²) in [6, 6.07) is 10.7. The Bertz CT molecular complexity index is 1060. The molecule has 1 N–H and O–H groups in total. The van der Waals surface area contributed by atoms with Crippen molar-refractivity contribution in [3.05, 3.63) is 83.8 Å². The van der Waals surface area contributed by atoms with Gasteiger partial charge >= 0.3 is 0 Å². The van der Waals surface area contributed by atoms with Gasteiger partial charge in [0.1, 0.15) is 28.1 Å². The van der Waals surface area contributed by atoms with Crippen LogP contribution in [0.3, 0.4) is 0 Å². The Morgan fingerprint density at radius 2 is 1.74 bits per heavy atom. The fraction of sp³-hybridized carbons (Fsp3) is 0.0556. The first-order valence-corrected chi connectivity index (χ1v) is 9.15. The van der Waals surface area contributed by atoms with Crippen LogP contribution >= 0.6 is 0 Å². The second kappa shape index (κ2) is 7.77. The molecule has 0 unspecified atom stereocenters. The largest absolute Gasteiger partial charge is 0.439 e. The monoisotopic (exact) mass is 394 g/mol. The second-order valence-electron chi connectivity index (χ2n) is 5.46. The summed E-state index contributed by atoms with van der Waals surface area (Å²) >= 11 is 0. The first kappa shape index (κ1) is 18.9. The molecule has 0 spiro atoms. The molecule has 0 aliphatic heterocycles. The molecule has 0 radical (unpaired) electrons. The van der Waals surface area contributed by atoms with Gasteiger partial charge in [0.25, 0.3) is 0 Å². The van der Waals surface area contributed by atoms with Crippen LogP contribution in [0.2, 0.25) is 0 Å². The number of rotatable bonds is 6. The van der Waals surface area contributed by atoms with E-state index in [0.717, 1.165) is 12.1 Å². The summed E-state index contributed by atoms with van der Waals surface area (Å²) in [4.78, 5) is 3.22. The molecule has 0 amide bonds. The van der Waals surface area contributed by atoms with E-state index in [0.29, 0.717) is 11.6 Å². The number of nitrogens with zero attached hydrogens (tertiary/aromatic N) is 1. The summed E-state index contributed by atoms with van der Waals surface area (Å²) in [5, 5.41) is 0. The molecule has 0 aliphatic carbocycles. The minimum absolute atomic E-state index is 0.184. The molecule has 140 valence electrons. The molecular weight excluding hydrogens is 381 g/mol. The Labute approximate surface area is 153 Å². The summed E-state index contributed by atoms with van der Waals surface area (Å²) < 4.78 is 71.7. The van der Waals surface area contributed by atoms with Gasteiger partial charge in [0.15, 0.2) is 0 Å². The lowest BCUT2D eigenvalue weighted by molar-refractivity contribution is 0.457. The lowest BCUT2D eigenvalue weighted by Crippen LogP contribution is -2.24. The summed E-state index contributed by atoms with van der Waals surface area (Å²) in [6.07, 6.45) is 1.35. The van der Waals surface area contributed by atoms with E-state index < -0.39 is 32.4 Å². The number of hydrogen-bond donors (Lipinski definition) is 1. The highest BCUT2D eigenvalue weighted by molar-refractivity contribution is 7.89. The van der Waals surface area contributed by atoms with Crippen molar-refractivity contribution in [1.29, 1.82) is 0 Å². The summed E-state index contributed by atoms with van der Waals surface area (Å²) in [6.45, 7) is -0.189. The van der Waals surface area contributed by atoms with Crippen LogP contribution in [0, 0.1) is 17.5 Å². The Hall–Kier alpha value is -2.91. The first-order chi connectivity index (χ1) is 12.8. The Morgan fingerprint density at radius 3 is 2.44 bits per heavy atom. The number of hydrogen-bond acceptors (Lipinski definition) is 4. The third-order valence-electron chi connectivity index (χ3n) is 3.47. The number of aromatic nitrogens is 1. The van der Waals surface area contributed by atoms with E-state index in [-0.39, 0.29) is 18.2 Å². The van der Waals surface area contributed by atoms with E-state index in [1.54, 1.807) is 6.07 Å². The molecule has 1 aromatic heterocycles. The number of sulfonamides is 1. The van der Waals surface area contributed by atoms with Gasteiger partial charge in [0, 0.05) is 24.9 Å². The number of ether oxygens (including phenoxy) is 1. The number of halogens is 3. The highest BCUT2D eigenvalue weighted by atomic mass is 32.2. The molecule has 0 aliphatic rings. The number of pyridine rings is 1. The molecule has 3 aromatic rings. The molecule has 3 rings (SSSR count). The molecule has 0 atom stereocenters. The molecule has 0 saturated carbocycles. The van der Waals surface area contributed by atoms with Gasteiger partial charge in [-0.2, -0.15) is 0 Å². The maximum absolute atomic E-state index is 13.6. The predicted octanol–water partition coefficient (Wildman–Crippen LogP) is 3.77. The van der Waals surface area contributed by atoms with Gasteiger partial charge in [-0.05, 0) is 35.9 Å². The van der Waals surface area contributed by atoms with E-state index in [2.05, 4.69) is 9.71 Å². The van der Waals surface area contributed by atoms with Gasteiger partial charge in [-0.1, -0.05) is 12.1 Å². The van der Waals surface area contributed by atoms with Gasteiger partial charge in [0.2, 0.25) is 15.9 Å². The van der Waals surface area contributed by atoms with Crippen molar-refractivity contribution in [2.45, 2.75) is 11.4 Å². The van der Waals surface area contributed by atoms with Gasteiger partial charge in [-0.15, -0.1) is 0 Å². The van der Waals surface area contributed by atoms with Crippen molar-refractivity contribution in [1.82, 2.24) is 9.71 Å². The highest BCUT2D eigenvalue weighted by Crippen LogP contribution is 2.20. The van der Waals surface area contributed by atoms with E-state index in [4.69, 9.17) is 4.74 Å². The van der Waals surface area contributed by atoms with Crippen LogP contribution in [-0.4, -0.2) is 13.4 Å². The van der Waals surface area contributed by atoms with Gasteiger partial charge in [0.05, 0.1) is 0 Å². The van der Waals surface area contributed by atoms with Crippen LogP contribution in [0.1, 0.15) is 5.56 Å². The van der Waals surface area contributed by atoms with Crippen LogP contribution in [0.4, 0.5) is 13.2 Å². The number of benzene rings is 2. The smallest absolute Gasteiger partial charge is 0.243 e. The Kier molecular flexibility index (Phi) is 5.43. The molecule has 0 bridgehead atoms. The topological polar surface area (TPSA) is 68.3 Å².